The van der Waals surface area contributed by atoms with Crippen molar-refractivity contribution >= 4 is 23.2 Å². The highest BCUT2D eigenvalue weighted by atomic mass is 35.5. The number of carbonyl (C=O) groups excluding carboxylic acids is 1. The molecule has 1 heterocycles. The smallest absolute Gasteiger partial charge is 0.450 e. The number of amides is 1. The van der Waals surface area contributed by atoms with Crippen LogP contribution in [-0.2, 0) is 6.18 Å². The molecule has 3 nitrogen and oxygen atoms in total. The molecule has 0 radical (unpaired) electrons. The van der Waals surface area contributed by atoms with Gasteiger partial charge in [0.25, 0.3) is 5.91 Å². The number of halogens is 4. The first-order valence-corrected chi connectivity index (χ1v) is 5.89. The van der Waals surface area contributed by atoms with E-state index < -0.39 is 23.4 Å². The topological polar surface area (TPSA) is 42.2 Å². The normalized spacial score (nSPS) is 11.4. The van der Waals surface area contributed by atoms with Gasteiger partial charge in [0, 0.05) is 10.7 Å². The highest BCUT2D eigenvalue weighted by molar-refractivity contribution is 6.30. The number of rotatable bonds is 2. The first-order valence-electron chi connectivity index (χ1n) is 5.52. The van der Waals surface area contributed by atoms with Crippen molar-refractivity contribution in [1.29, 1.82) is 0 Å². The van der Waals surface area contributed by atoms with Gasteiger partial charge in [-0.15, -0.1) is 0 Å². The molecule has 0 aliphatic carbocycles. The van der Waals surface area contributed by atoms with Crippen molar-refractivity contribution in [1.82, 2.24) is 0 Å². The molecule has 0 aliphatic heterocycles. The Hall–Kier alpha value is -1.95. The third kappa shape index (κ3) is 3.14. The van der Waals surface area contributed by atoms with E-state index in [9.17, 15) is 18.0 Å². The average molecular weight is 304 g/mol. The minimum atomic E-state index is -4.72. The number of anilines is 1. The molecule has 0 fully saturated rings. The van der Waals surface area contributed by atoms with Crippen LogP contribution >= 0.6 is 11.6 Å². The molecular formula is C13H9ClF3NO2. The molecule has 0 bridgehead atoms. The summed E-state index contributed by atoms with van der Waals surface area (Å²) in [5.74, 6) is -2.18. The van der Waals surface area contributed by atoms with E-state index in [1.165, 1.54) is 31.2 Å². The maximum Gasteiger partial charge on any atom is 0.450 e. The SMILES string of the molecule is Cc1cc(C(=O)Nc2ccc(Cl)cc2)c(C(F)(F)F)o1. The van der Waals surface area contributed by atoms with Crippen LogP contribution in [0, 0.1) is 6.92 Å². The summed E-state index contributed by atoms with van der Waals surface area (Å²) in [4.78, 5) is 11.9. The van der Waals surface area contributed by atoms with Crippen LogP contribution in [-0.4, -0.2) is 5.91 Å². The van der Waals surface area contributed by atoms with Gasteiger partial charge in [-0.1, -0.05) is 11.6 Å². The summed E-state index contributed by atoms with van der Waals surface area (Å²) in [6.07, 6.45) is -4.72. The van der Waals surface area contributed by atoms with E-state index in [0.717, 1.165) is 6.07 Å². The van der Waals surface area contributed by atoms with Gasteiger partial charge in [0.1, 0.15) is 5.76 Å². The van der Waals surface area contributed by atoms with Crippen LogP contribution in [0.2, 0.25) is 5.02 Å². The first kappa shape index (κ1) is 14.5. The standard InChI is InChI=1S/C13H9ClF3NO2/c1-7-6-10(11(20-7)13(15,16)17)12(19)18-9-4-2-8(14)3-5-9/h2-6H,1H3,(H,18,19). The Balaban J connectivity index is 2.28. The minimum absolute atomic E-state index is 0.0126. The third-order valence-corrected chi connectivity index (χ3v) is 2.71. The number of furan rings is 1. The van der Waals surface area contributed by atoms with Crippen LogP contribution in [0.5, 0.6) is 0 Å². The van der Waals surface area contributed by atoms with Crippen molar-refractivity contribution in [3.05, 3.63) is 52.4 Å². The van der Waals surface area contributed by atoms with E-state index in [1.807, 2.05) is 0 Å². The molecule has 0 unspecified atom stereocenters. The molecule has 1 N–H and O–H groups in total. The van der Waals surface area contributed by atoms with Crippen molar-refractivity contribution < 1.29 is 22.4 Å². The van der Waals surface area contributed by atoms with Gasteiger partial charge in [0.2, 0.25) is 5.76 Å². The number of hydrogen-bond acceptors (Lipinski definition) is 2. The van der Waals surface area contributed by atoms with Crippen LogP contribution in [0.3, 0.4) is 0 Å². The number of alkyl halides is 3. The Bertz CT molecular complexity index is 632. The van der Waals surface area contributed by atoms with Crippen molar-refractivity contribution in [3.8, 4) is 0 Å². The van der Waals surface area contributed by atoms with Gasteiger partial charge in [-0.05, 0) is 37.3 Å². The molecule has 1 aromatic carbocycles. The van der Waals surface area contributed by atoms with Crippen molar-refractivity contribution in [2.24, 2.45) is 0 Å². The highest BCUT2D eigenvalue weighted by Crippen LogP contribution is 2.34. The molecule has 1 aromatic heterocycles. The van der Waals surface area contributed by atoms with Gasteiger partial charge in [0.15, 0.2) is 0 Å². The van der Waals surface area contributed by atoms with Crippen molar-refractivity contribution in [3.63, 3.8) is 0 Å². The van der Waals surface area contributed by atoms with Crippen molar-refractivity contribution in [2.45, 2.75) is 13.1 Å². The molecule has 0 aliphatic rings. The van der Waals surface area contributed by atoms with Crippen LogP contribution < -0.4 is 5.32 Å². The second kappa shape index (κ2) is 5.20. The maximum absolute atomic E-state index is 12.7. The summed E-state index contributed by atoms with van der Waals surface area (Å²) < 4.78 is 42.7. The van der Waals surface area contributed by atoms with Gasteiger partial charge in [-0.2, -0.15) is 13.2 Å². The molecule has 0 saturated heterocycles. The average Bonchev–Trinajstić information content (AvgIpc) is 2.74. The maximum atomic E-state index is 12.7. The number of aryl methyl sites for hydroxylation is 1. The zero-order valence-corrected chi connectivity index (χ0v) is 11.0. The molecule has 106 valence electrons. The van der Waals surface area contributed by atoms with Gasteiger partial charge < -0.3 is 9.73 Å². The summed E-state index contributed by atoms with van der Waals surface area (Å²) >= 11 is 5.68. The Kier molecular flexibility index (Phi) is 3.76. The molecular weight excluding hydrogens is 295 g/mol. The number of hydrogen-bond donors (Lipinski definition) is 1. The molecule has 7 heteroatoms. The van der Waals surface area contributed by atoms with Crippen molar-refractivity contribution in [2.75, 3.05) is 5.32 Å². The fourth-order valence-corrected chi connectivity index (χ4v) is 1.75. The second-order valence-corrected chi connectivity index (χ2v) is 4.50. The largest absolute Gasteiger partial charge is 0.456 e. The van der Waals surface area contributed by atoms with Crippen LogP contribution in [0.15, 0.2) is 34.7 Å². The zero-order chi connectivity index (χ0) is 14.9. The van der Waals surface area contributed by atoms with Gasteiger partial charge in [0.05, 0.1) is 5.56 Å². The predicted molar refractivity (Wildman–Crippen MR) is 67.9 cm³/mol. The molecule has 1 amide bonds. The van der Waals surface area contributed by atoms with Gasteiger partial charge in [-0.3, -0.25) is 4.79 Å². The van der Waals surface area contributed by atoms with E-state index >= 15 is 0 Å². The third-order valence-electron chi connectivity index (χ3n) is 2.46. The molecule has 0 spiro atoms. The second-order valence-electron chi connectivity index (χ2n) is 4.06. The fraction of sp³-hybridized carbons (Fsp3) is 0.154. The molecule has 2 aromatic rings. The lowest BCUT2D eigenvalue weighted by Gasteiger charge is -2.07. The summed E-state index contributed by atoms with van der Waals surface area (Å²) in [6, 6.07) is 7.06. The molecule has 0 saturated carbocycles. The quantitative estimate of drug-likeness (QED) is 0.886. The predicted octanol–water partition coefficient (Wildman–Crippen LogP) is 4.51. The summed E-state index contributed by atoms with van der Waals surface area (Å²) in [6.45, 7) is 1.34. The van der Waals surface area contributed by atoms with Crippen LogP contribution in [0.4, 0.5) is 18.9 Å². The summed E-state index contributed by atoms with van der Waals surface area (Å²) in [5, 5.41) is 2.81. The van der Waals surface area contributed by atoms with E-state index in [0.29, 0.717) is 10.7 Å². The Morgan fingerprint density at radius 3 is 2.40 bits per heavy atom. The Morgan fingerprint density at radius 2 is 1.85 bits per heavy atom. The lowest BCUT2D eigenvalue weighted by atomic mass is 10.2. The fourth-order valence-electron chi connectivity index (χ4n) is 1.63. The summed E-state index contributed by atoms with van der Waals surface area (Å²) in [7, 11) is 0. The monoisotopic (exact) mass is 303 g/mol. The minimum Gasteiger partial charge on any atom is -0.456 e. The number of nitrogens with one attached hydrogen (secondary N) is 1. The molecule has 2 rings (SSSR count). The van der Waals surface area contributed by atoms with Crippen LogP contribution in [0.1, 0.15) is 21.9 Å². The number of benzene rings is 1. The lowest BCUT2D eigenvalue weighted by molar-refractivity contribution is -0.153. The number of carbonyl (C=O) groups is 1. The zero-order valence-electron chi connectivity index (χ0n) is 10.2. The van der Waals surface area contributed by atoms with E-state index in [2.05, 4.69) is 9.73 Å². The van der Waals surface area contributed by atoms with Crippen LogP contribution in [0.25, 0.3) is 0 Å². The molecule has 0 atom stereocenters. The summed E-state index contributed by atoms with van der Waals surface area (Å²) in [5.41, 5.74) is -0.212. The molecule has 20 heavy (non-hydrogen) atoms. The van der Waals surface area contributed by atoms with Gasteiger partial charge in [-0.25, -0.2) is 0 Å². The van der Waals surface area contributed by atoms with Gasteiger partial charge >= 0.3 is 6.18 Å². The lowest BCUT2D eigenvalue weighted by Crippen LogP contribution is -2.16. The first-order chi connectivity index (χ1) is 9.27. The highest BCUT2D eigenvalue weighted by Gasteiger charge is 2.40. The van der Waals surface area contributed by atoms with E-state index in [4.69, 9.17) is 11.6 Å². The Labute approximate surface area is 117 Å². The van der Waals surface area contributed by atoms with E-state index in [1.54, 1.807) is 0 Å². The van der Waals surface area contributed by atoms with E-state index in [-0.39, 0.29) is 5.76 Å². The Morgan fingerprint density at radius 1 is 1.25 bits per heavy atom.